The molecule has 0 aliphatic carbocycles. The van der Waals surface area contributed by atoms with Crippen molar-refractivity contribution in [1.29, 1.82) is 0 Å². The van der Waals surface area contributed by atoms with E-state index in [1.807, 2.05) is 18.2 Å². The molecule has 0 unspecified atom stereocenters. The molecule has 2 atom stereocenters. The molecule has 0 saturated carbocycles. The molecule has 2 aromatic rings. The number of piperidine rings is 1. The topological polar surface area (TPSA) is 157 Å². The quantitative estimate of drug-likeness (QED) is 0.412. The van der Waals surface area contributed by atoms with E-state index in [0.717, 1.165) is 5.56 Å². The molecule has 44 heavy (non-hydrogen) atoms. The lowest BCUT2D eigenvalue weighted by atomic mass is 10.0. The van der Waals surface area contributed by atoms with E-state index in [1.54, 1.807) is 36.3 Å². The van der Waals surface area contributed by atoms with E-state index >= 15 is 0 Å². The summed E-state index contributed by atoms with van der Waals surface area (Å²) in [7, 11) is 1.57. The Morgan fingerprint density at radius 3 is 2.70 bits per heavy atom. The van der Waals surface area contributed by atoms with Gasteiger partial charge in [-0.25, -0.2) is 9.59 Å². The van der Waals surface area contributed by atoms with Gasteiger partial charge in [0.25, 0.3) is 5.91 Å². The highest BCUT2D eigenvalue weighted by atomic mass is 16.6. The van der Waals surface area contributed by atoms with Crippen molar-refractivity contribution < 1.29 is 42.9 Å². The summed E-state index contributed by atoms with van der Waals surface area (Å²) in [5.41, 5.74) is 1.14. The van der Waals surface area contributed by atoms with Crippen LogP contribution in [0.3, 0.4) is 0 Å². The number of methoxy groups -OCH3 is 1. The highest BCUT2D eigenvalue weighted by Crippen LogP contribution is 2.29. The molecule has 14 heteroatoms. The Hall–Kier alpha value is -4.56. The largest absolute Gasteiger partial charge is 0.491 e. The predicted molar refractivity (Wildman–Crippen MR) is 156 cm³/mol. The normalized spacial score (nSPS) is 21.0. The zero-order valence-corrected chi connectivity index (χ0v) is 24.5. The first-order valence-corrected chi connectivity index (χ1v) is 14.5. The second kappa shape index (κ2) is 14.8. The van der Waals surface area contributed by atoms with E-state index in [9.17, 15) is 19.2 Å². The Bertz CT molecular complexity index is 1360. The highest BCUT2D eigenvalue weighted by Gasteiger charge is 2.35. The van der Waals surface area contributed by atoms with Gasteiger partial charge in [-0.1, -0.05) is 12.1 Å². The number of rotatable bonds is 6. The molecule has 2 saturated heterocycles. The van der Waals surface area contributed by atoms with Crippen LogP contribution in [0.4, 0.5) is 9.59 Å². The number of urea groups is 1. The molecule has 0 radical (unpaired) electrons. The number of benzene rings is 2. The highest BCUT2D eigenvalue weighted by molar-refractivity contribution is 5.95. The molecule has 0 spiro atoms. The fourth-order valence-corrected chi connectivity index (χ4v) is 5.11. The van der Waals surface area contributed by atoms with Crippen LogP contribution in [0.25, 0.3) is 0 Å². The number of carbonyl (C=O) groups is 4. The van der Waals surface area contributed by atoms with Gasteiger partial charge < -0.3 is 44.5 Å². The van der Waals surface area contributed by atoms with Crippen molar-refractivity contribution in [3.8, 4) is 17.2 Å². The van der Waals surface area contributed by atoms with Crippen LogP contribution in [-0.4, -0.2) is 112 Å². The molecule has 5 amide bonds. The lowest BCUT2D eigenvalue weighted by molar-refractivity contribution is -0.137. The van der Waals surface area contributed by atoms with Crippen molar-refractivity contribution in [2.75, 3.05) is 66.2 Å². The number of nitrogens with one attached hydrogen (secondary N) is 3. The standard InChI is InChI=1S/C30H37N5O9/c1-40-11-12-41-23-14-21-15-24(16-23)44-22-4-2-3-20(13-22)19-43-26-17-34(27(36)18-35-9-10-42-30(35)39)8-5-25(26)33-29(38)32-7-6-31-28(21)37/h2-4,13-16,25-26H,5-12,17-19H2,1H3,(H,31,37)(H2,32,33,38)/t25-,26-/m0/s1. The van der Waals surface area contributed by atoms with Gasteiger partial charge in [-0.3, -0.25) is 14.5 Å². The minimum atomic E-state index is -0.518. The average Bonchev–Trinajstić information content (AvgIpc) is 3.42. The van der Waals surface area contributed by atoms with Crippen LogP contribution in [0.15, 0.2) is 42.5 Å². The molecule has 0 aromatic heterocycles. The average molecular weight is 612 g/mol. The van der Waals surface area contributed by atoms with Gasteiger partial charge in [-0.2, -0.15) is 0 Å². The number of carbonyl (C=O) groups excluding carboxylic acids is 4. The summed E-state index contributed by atoms with van der Waals surface area (Å²) in [5.74, 6) is 0.815. The van der Waals surface area contributed by atoms with Gasteiger partial charge in [0.2, 0.25) is 5.91 Å². The fourth-order valence-electron chi connectivity index (χ4n) is 5.11. The molecule has 3 aliphatic heterocycles. The summed E-state index contributed by atoms with van der Waals surface area (Å²) in [4.78, 5) is 53.6. The molecule has 5 rings (SSSR count). The van der Waals surface area contributed by atoms with Crippen LogP contribution in [0, 0.1) is 0 Å². The molecule has 14 nitrogen and oxygen atoms in total. The maximum atomic E-state index is 13.0. The molecular formula is C30H37N5O9. The van der Waals surface area contributed by atoms with Crippen LogP contribution in [-0.2, 0) is 25.6 Å². The fraction of sp³-hybridized carbons (Fsp3) is 0.467. The summed E-state index contributed by atoms with van der Waals surface area (Å²) in [6.45, 7) is 2.42. The number of nitrogens with zero attached hydrogens (tertiary/aromatic N) is 2. The maximum Gasteiger partial charge on any atom is 0.410 e. The van der Waals surface area contributed by atoms with E-state index in [1.165, 1.54) is 4.90 Å². The van der Waals surface area contributed by atoms with Gasteiger partial charge in [-0.05, 0) is 36.2 Å². The molecule has 3 heterocycles. The van der Waals surface area contributed by atoms with Crippen LogP contribution < -0.4 is 25.4 Å². The van der Waals surface area contributed by atoms with Crippen LogP contribution in [0.1, 0.15) is 22.3 Å². The number of ether oxygens (including phenoxy) is 5. The van der Waals surface area contributed by atoms with Gasteiger partial charge in [0.1, 0.15) is 37.0 Å². The lowest BCUT2D eigenvalue weighted by Gasteiger charge is -2.39. The second-order valence-electron chi connectivity index (χ2n) is 10.6. The Morgan fingerprint density at radius 2 is 1.89 bits per heavy atom. The molecule has 3 N–H and O–H groups in total. The Kier molecular flexibility index (Phi) is 10.4. The van der Waals surface area contributed by atoms with Crippen LogP contribution in [0.2, 0.25) is 0 Å². The monoisotopic (exact) mass is 611 g/mol. The molecule has 2 aromatic carbocycles. The first-order valence-electron chi connectivity index (χ1n) is 14.5. The van der Waals surface area contributed by atoms with Crippen molar-refractivity contribution in [3.05, 3.63) is 53.6 Å². The molecule has 4 bridgehead atoms. The number of hydrogen-bond acceptors (Lipinski definition) is 9. The van der Waals surface area contributed by atoms with Crippen molar-refractivity contribution >= 4 is 23.9 Å². The van der Waals surface area contributed by atoms with Crippen LogP contribution >= 0.6 is 0 Å². The summed E-state index contributed by atoms with van der Waals surface area (Å²) < 4.78 is 28.2. The Labute approximate surface area is 254 Å². The Balaban J connectivity index is 1.33. The van der Waals surface area contributed by atoms with Crippen molar-refractivity contribution in [1.82, 2.24) is 25.8 Å². The maximum absolute atomic E-state index is 13.0. The molecule has 2 fully saturated rings. The zero-order valence-electron chi connectivity index (χ0n) is 24.5. The van der Waals surface area contributed by atoms with E-state index in [0.29, 0.717) is 55.5 Å². The third-order valence-corrected chi connectivity index (χ3v) is 7.39. The van der Waals surface area contributed by atoms with E-state index in [4.69, 9.17) is 23.7 Å². The van der Waals surface area contributed by atoms with E-state index < -0.39 is 18.2 Å². The van der Waals surface area contributed by atoms with E-state index in [-0.39, 0.29) is 57.2 Å². The minimum Gasteiger partial charge on any atom is -0.491 e. The summed E-state index contributed by atoms with van der Waals surface area (Å²) in [6, 6.07) is 11.5. The number of likely N-dealkylation sites (tertiary alicyclic amines) is 1. The number of cyclic esters (lactones) is 1. The van der Waals surface area contributed by atoms with Crippen molar-refractivity contribution in [2.24, 2.45) is 0 Å². The number of hydrogen-bond donors (Lipinski definition) is 3. The lowest BCUT2D eigenvalue weighted by Crippen LogP contribution is -2.58. The first kappa shape index (κ1) is 30.9. The van der Waals surface area contributed by atoms with Gasteiger partial charge in [-0.15, -0.1) is 0 Å². The van der Waals surface area contributed by atoms with Gasteiger partial charge in [0.05, 0.1) is 31.9 Å². The van der Waals surface area contributed by atoms with Crippen molar-refractivity contribution in [2.45, 2.75) is 25.2 Å². The number of fused-ring (bicyclic) bond motifs is 5. The summed E-state index contributed by atoms with van der Waals surface area (Å²) >= 11 is 0. The SMILES string of the molecule is COCCOc1cc2cc(c1)C(=O)NCCNC(=O)N[C@H]1CCN(C(=O)CN3CCOC3=O)C[C@@H]1OCc1cccc(c1)O2. The smallest absolute Gasteiger partial charge is 0.410 e. The van der Waals surface area contributed by atoms with Gasteiger partial charge in [0, 0.05) is 44.9 Å². The second-order valence-corrected chi connectivity index (χ2v) is 10.6. The molecular weight excluding hydrogens is 574 g/mol. The van der Waals surface area contributed by atoms with Gasteiger partial charge >= 0.3 is 12.1 Å². The minimum absolute atomic E-state index is 0.0738. The first-order chi connectivity index (χ1) is 21.4. The summed E-state index contributed by atoms with van der Waals surface area (Å²) in [5, 5.41) is 8.52. The third kappa shape index (κ3) is 8.29. The van der Waals surface area contributed by atoms with E-state index in [2.05, 4.69) is 16.0 Å². The Morgan fingerprint density at radius 1 is 1.02 bits per heavy atom. The summed E-state index contributed by atoms with van der Waals surface area (Å²) in [6.07, 6.45) is -0.563. The number of amides is 5. The third-order valence-electron chi connectivity index (χ3n) is 7.39. The van der Waals surface area contributed by atoms with Crippen molar-refractivity contribution in [3.63, 3.8) is 0 Å². The molecule has 236 valence electrons. The zero-order chi connectivity index (χ0) is 30.9. The predicted octanol–water partition coefficient (Wildman–Crippen LogP) is 1.49. The van der Waals surface area contributed by atoms with Gasteiger partial charge in [0.15, 0.2) is 0 Å². The van der Waals surface area contributed by atoms with Crippen LogP contribution in [0.5, 0.6) is 17.2 Å². The molecule has 3 aliphatic rings.